The maximum absolute atomic E-state index is 10.9. The smallest absolute Gasteiger partial charge is 0.265 e. The minimum atomic E-state index is -2.07. The van der Waals surface area contributed by atoms with Gasteiger partial charge in [0, 0.05) is 0 Å². The van der Waals surface area contributed by atoms with Gasteiger partial charge in [0.2, 0.25) is 0 Å². The van der Waals surface area contributed by atoms with Crippen molar-refractivity contribution in [3.8, 4) is 0 Å². The molecule has 0 heterocycles. The average molecular weight is 237 g/mol. The third-order valence-electron chi connectivity index (χ3n) is 1.94. The summed E-state index contributed by atoms with van der Waals surface area (Å²) in [6.07, 6.45) is -8.15. The highest BCUT2D eigenvalue weighted by Crippen LogP contribution is 2.06. The fraction of sp³-hybridized carbons (Fsp3) is 0.714. The molecule has 9 nitrogen and oxygen atoms in total. The minimum absolute atomic E-state index is 0.551. The number of hydrazine groups is 1. The van der Waals surface area contributed by atoms with Gasteiger partial charge in [-0.3, -0.25) is 15.0 Å². The molecule has 0 saturated heterocycles. The Morgan fingerprint density at radius 1 is 1.06 bits per heavy atom. The largest absolute Gasteiger partial charge is 0.387 e. The number of nitrogens with one attached hydrogen (secondary N) is 1. The number of nitrogens with two attached hydrogens (primary N) is 2. The van der Waals surface area contributed by atoms with Crippen molar-refractivity contribution >= 4 is 11.7 Å². The van der Waals surface area contributed by atoms with Gasteiger partial charge in [-0.2, -0.15) is 0 Å². The second-order valence-corrected chi connectivity index (χ2v) is 3.05. The molecule has 1 amide bonds. The van der Waals surface area contributed by atoms with E-state index in [1.165, 1.54) is 5.43 Å². The van der Waals surface area contributed by atoms with Gasteiger partial charge in [0.1, 0.15) is 18.3 Å². The maximum Gasteiger partial charge on any atom is 0.265 e. The lowest BCUT2D eigenvalue weighted by molar-refractivity contribution is -0.153. The third-order valence-corrected chi connectivity index (χ3v) is 1.94. The molecular formula is C7H15N3O6. The standard InChI is InChI=1S/C7H15N3O6/c8-1-2(11)3(12)4(13)5(14)6(15)7(16)10-9/h3-6,12-15H,1,8-9H2,(H,10,16)/t3-,4+,5-,6-/m0/s1. The number of hydrogen-bond donors (Lipinski definition) is 7. The van der Waals surface area contributed by atoms with Crippen LogP contribution in [0.2, 0.25) is 0 Å². The normalized spacial score (nSPS) is 18.4. The summed E-state index contributed by atoms with van der Waals surface area (Å²) in [5.74, 6) is 2.57. The Labute approximate surface area is 90.6 Å². The van der Waals surface area contributed by atoms with E-state index in [1.807, 2.05) is 0 Å². The summed E-state index contributed by atoms with van der Waals surface area (Å²) in [5, 5.41) is 36.7. The van der Waals surface area contributed by atoms with Crippen molar-refractivity contribution in [2.75, 3.05) is 6.54 Å². The quantitative estimate of drug-likeness (QED) is 0.136. The van der Waals surface area contributed by atoms with Crippen LogP contribution in [-0.2, 0) is 9.59 Å². The van der Waals surface area contributed by atoms with E-state index < -0.39 is 42.7 Å². The van der Waals surface area contributed by atoms with Gasteiger partial charge in [-0.25, -0.2) is 5.84 Å². The number of aliphatic hydroxyl groups is 4. The number of aliphatic hydroxyl groups excluding tert-OH is 4. The van der Waals surface area contributed by atoms with E-state index in [0.29, 0.717) is 0 Å². The summed E-state index contributed by atoms with van der Waals surface area (Å²) in [4.78, 5) is 21.6. The van der Waals surface area contributed by atoms with Gasteiger partial charge in [-0.1, -0.05) is 0 Å². The molecule has 0 saturated carbocycles. The number of carbonyl (C=O) groups excluding carboxylic acids is 2. The molecule has 0 rings (SSSR count). The summed E-state index contributed by atoms with van der Waals surface area (Å²) in [5.41, 5.74) is 6.44. The van der Waals surface area contributed by atoms with E-state index in [2.05, 4.69) is 5.84 Å². The van der Waals surface area contributed by atoms with E-state index in [-0.39, 0.29) is 0 Å². The molecule has 0 unspecified atom stereocenters. The topological polar surface area (TPSA) is 179 Å². The molecule has 16 heavy (non-hydrogen) atoms. The highest BCUT2D eigenvalue weighted by molar-refractivity contribution is 5.85. The molecule has 0 radical (unpaired) electrons. The monoisotopic (exact) mass is 237 g/mol. The van der Waals surface area contributed by atoms with E-state index in [4.69, 9.17) is 15.9 Å². The predicted molar refractivity (Wildman–Crippen MR) is 50.4 cm³/mol. The number of ketones is 1. The fourth-order valence-electron chi connectivity index (χ4n) is 0.925. The first-order chi connectivity index (χ1) is 7.36. The van der Waals surface area contributed by atoms with Gasteiger partial charge in [0.25, 0.3) is 5.91 Å². The number of rotatable bonds is 6. The van der Waals surface area contributed by atoms with Gasteiger partial charge in [0.15, 0.2) is 11.9 Å². The minimum Gasteiger partial charge on any atom is -0.387 e. The van der Waals surface area contributed by atoms with E-state index >= 15 is 0 Å². The van der Waals surface area contributed by atoms with Crippen LogP contribution in [0.4, 0.5) is 0 Å². The van der Waals surface area contributed by atoms with Crippen molar-refractivity contribution in [1.82, 2.24) is 5.43 Å². The molecule has 0 aromatic heterocycles. The summed E-state index contributed by atoms with van der Waals surface area (Å²) in [7, 11) is 0. The van der Waals surface area contributed by atoms with Crippen LogP contribution in [0.25, 0.3) is 0 Å². The molecule has 0 bridgehead atoms. The van der Waals surface area contributed by atoms with Crippen molar-refractivity contribution in [2.45, 2.75) is 24.4 Å². The average Bonchev–Trinajstić information content (AvgIpc) is 2.32. The highest BCUT2D eigenvalue weighted by atomic mass is 16.4. The van der Waals surface area contributed by atoms with Crippen molar-refractivity contribution in [1.29, 1.82) is 0 Å². The van der Waals surface area contributed by atoms with E-state index in [1.54, 1.807) is 0 Å². The maximum atomic E-state index is 10.9. The first-order valence-corrected chi connectivity index (χ1v) is 4.32. The van der Waals surface area contributed by atoms with Crippen LogP contribution in [-0.4, -0.2) is 63.1 Å². The Bertz CT molecular complexity index is 235. The molecule has 4 atom stereocenters. The van der Waals surface area contributed by atoms with Gasteiger partial charge in [0.05, 0.1) is 6.54 Å². The fourth-order valence-corrected chi connectivity index (χ4v) is 0.925. The van der Waals surface area contributed by atoms with Crippen LogP contribution in [0.3, 0.4) is 0 Å². The zero-order valence-corrected chi connectivity index (χ0v) is 8.28. The second kappa shape index (κ2) is 6.48. The molecule has 9 heteroatoms. The van der Waals surface area contributed by atoms with Gasteiger partial charge < -0.3 is 26.2 Å². The Morgan fingerprint density at radius 3 is 1.88 bits per heavy atom. The molecule has 0 aromatic rings. The lowest BCUT2D eigenvalue weighted by Gasteiger charge is -2.24. The van der Waals surface area contributed by atoms with Crippen LogP contribution in [0.15, 0.2) is 0 Å². The zero-order valence-electron chi connectivity index (χ0n) is 8.28. The lowest BCUT2D eigenvalue weighted by Crippen LogP contribution is -2.54. The zero-order chi connectivity index (χ0) is 12.9. The Kier molecular flexibility index (Phi) is 6.03. The molecule has 0 aliphatic carbocycles. The highest BCUT2D eigenvalue weighted by Gasteiger charge is 2.36. The van der Waals surface area contributed by atoms with Gasteiger partial charge in [-0.05, 0) is 0 Å². The van der Waals surface area contributed by atoms with Crippen LogP contribution in [0.5, 0.6) is 0 Å². The predicted octanol–water partition coefficient (Wildman–Crippen LogP) is -5.05. The van der Waals surface area contributed by atoms with Crippen molar-refractivity contribution in [3.63, 3.8) is 0 Å². The van der Waals surface area contributed by atoms with Crippen LogP contribution >= 0.6 is 0 Å². The van der Waals surface area contributed by atoms with Crippen molar-refractivity contribution < 1.29 is 30.0 Å². The van der Waals surface area contributed by atoms with Crippen LogP contribution in [0.1, 0.15) is 0 Å². The molecule has 9 N–H and O–H groups in total. The first kappa shape index (κ1) is 14.9. The van der Waals surface area contributed by atoms with E-state index in [0.717, 1.165) is 0 Å². The molecular weight excluding hydrogens is 222 g/mol. The Balaban J connectivity index is 4.54. The summed E-state index contributed by atoms with van der Waals surface area (Å²) in [6.45, 7) is -0.551. The van der Waals surface area contributed by atoms with Gasteiger partial charge >= 0.3 is 0 Å². The Morgan fingerprint density at radius 2 is 1.50 bits per heavy atom. The number of hydrogen-bond acceptors (Lipinski definition) is 8. The number of Topliss-reactive ketones (excluding diaryl/α,β-unsaturated/α-hetero) is 1. The summed E-state index contributed by atoms with van der Waals surface area (Å²) < 4.78 is 0. The number of amides is 1. The molecule has 0 fully saturated rings. The van der Waals surface area contributed by atoms with Gasteiger partial charge in [-0.15, -0.1) is 0 Å². The molecule has 94 valence electrons. The second-order valence-electron chi connectivity index (χ2n) is 3.05. The molecule has 0 spiro atoms. The summed E-state index contributed by atoms with van der Waals surface area (Å²) in [6, 6.07) is 0. The summed E-state index contributed by atoms with van der Waals surface area (Å²) >= 11 is 0. The third kappa shape index (κ3) is 3.48. The molecule has 0 aromatic carbocycles. The SMILES string of the molecule is NCC(=O)[C@H](O)[C@@H](O)[C@H](O)[C@H](O)C(=O)NN. The first-order valence-electron chi connectivity index (χ1n) is 4.32. The van der Waals surface area contributed by atoms with Crippen molar-refractivity contribution in [2.24, 2.45) is 11.6 Å². The van der Waals surface area contributed by atoms with Crippen molar-refractivity contribution in [3.05, 3.63) is 0 Å². The van der Waals surface area contributed by atoms with Crippen LogP contribution < -0.4 is 17.0 Å². The van der Waals surface area contributed by atoms with E-state index in [9.17, 15) is 19.8 Å². The molecule has 0 aliphatic heterocycles. The lowest BCUT2D eigenvalue weighted by atomic mass is 10.00. The molecule has 0 aliphatic rings. The number of carbonyl (C=O) groups is 2. The Hall–Kier alpha value is -1.10. The van der Waals surface area contributed by atoms with Crippen LogP contribution in [0, 0.1) is 0 Å².